The SMILES string of the molecule is NCCCC[C@H](C(=O)N1CCN([C@@H](Cc2ccccc2)C(N)=O)CC1)N1CCN(C(=O)[C@H](N)CO)CC1. The quantitative estimate of drug-likeness (QED) is 0.236. The molecule has 11 nitrogen and oxygen atoms in total. The highest BCUT2D eigenvalue weighted by atomic mass is 16.3. The molecule has 2 heterocycles. The number of primary amides is 1. The van der Waals surface area contributed by atoms with E-state index in [4.69, 9.17) is 17.2 Å². The van der Waals surface area contributed by atoms with Gasteiger partial charge in [-0.25, -0.2) is 0 Å². The molecule has 3 rings (SSSR count). The number of hydrogen-bond donors (Lipinski definition) is 4. The summed E-state index contributed by atoms with van der Waals surface area (Å²) >= 11 is 0. The molecular formula is C26H43N7O4. The summed E-state index contributed by atoms with van der Waals surface area (Å²) in [5, 5.41) is 9.20. The van der Waals surface area contributed by atoms with Crippen molar-refractivity contribution in [2.24, 2.45) is 17.2 Å². The summed E-state index contributed by atoms with van der Waals surface area (Å²) in [6.45, 7) is 4.54. The number of nitrogens with zero attached hydrogens (tertiary/aromatic N) is 4. The van der Waals surface area contributed by atoms with Gasteiger partial charge in [0.1, 0.15) is 6.04 Å². The van der Waals surface area contributed by atoms with Crippen molar-refractivity contribution in [1.82, 2.24) is 19.6 Å². The Morgan fingerprint density at radius 3 is 1.86 bits per heavy atom. The molecule has 0 aromatic heterocycles. The van der Waals surface area contributed by atoms with Gasteiger partial charge in [-0.15, -0.1) is 0 Å². The summed E-state index contributed by atoms with van der Waals surface area (Å²) in [6, 6.07) is 8.24. The molecule has 1 aromatic rings. The van der Waals surface area contributed by atoms with Crippen LogP contribution in [0.5, 0.6) is 0 Å². The normalized spacial score (nSPS) is 19.9. The van der Waals surface area contributed by atoms with E-state index in [9.17, 15) is 19.5 Å². The molecule has 2 aliphatic heterocycles. The van der Waals surface area contributed by atoms with Crippen LogP contribution in [0.15, 0.2) is 30.3 Å². The van der Waals surface area contributed by atoms with E-state index in [2.05, 4.69) is 9.80 Å². The second-order valence-electron chi connectivity index (χ2n) is 9.92. The first-order valence-electron chi connectivity index (χ1n) is 13.3. The second kappa shape index (κ2) is 14.4. The highest BCUT2D eigenvalue weighted by Crippen LogP contribution is 2.18. The van der Waals surface area contributed by atoms with E-state index in [1.165, 1.54) is 0 Å². The Bertz CT molecular complexity index is 871. The Hall–Kier alpha value is -2.57. The number of piperazine rings is 2. The molecule has 0 unspecified atom stereocenters. The first-order chi connectivity index (χ1) is 17.8. The van der Waals surface area contributed by atoms with Gasteiger partial charge in [-0.3, -0.25) is 24.2 Å². The summed E-state index contributed by atoms with van der Waals surface area (Å²) in [5.74, 6) is -0.525. The molecule has 0 spiro atoms. The van der Waals surface area contributed by atoms with Crippen molar-refractivity contribution in [3.05, 3.63) is 35.9 Å². The average molecular weight is 518 g/mol. The molecular weight excluding hydrogens is 474 g/mol. The van der Waals surface area contributed by atoms with E-state index in [1.807, 2.05) is 35.2 Å². The van der Waals surface area contributed by atoms with Gasteiger partial charge in [0.15, 0.2) is 0 Å². The zero-order valence-electron chi connectivity index (χ0n) is 21.7. The van der Waals surface area contributed by atoms with Crippen molar-refractivity contribution in [2.45, 2.75) is 43.8 Å². The summed E-state index contributed by atoms with van der Waals surface area (Å²) in [7, 11) is 0. The van der Waals surface area contributed by atoms with Gasteiger partial charge in [-0.2, -0.15) is 0 Å². The topological polar surface area (TPSA) is 162 Å². The minimum Gasteiger partial charge on any atom is -0.394 e. The Kier molecular flexibility index (Phi) is 11.3. The van der Waals surface area contributed by atoms with Gasteiger partial charge in [0.25, 0.3) is 0 Å². The Morgan fingerprint density at radius 2 is 1.35 bits per heavy atom. The van der Waals surface area contributed by atoms with Crippen molar-refractivity contribution in [3.8, 4) is 0 Å². The van der Waals surface area contributed by atoms with Crippen LogP contribution in [0.3, 0.4) is 0 Å². The fraction of sp³-hybridized carbons (Fsp3) is 0.654. The predicted octanol–water partition coefficient (Wildman–Crippen LogP) is -1.81. The van der Waals surface area contributed by atoms with Crippen LogP contribution in [0.25, 0.3) is 0 Å². The van der Waals surface area contributed by atoms with E-state index < -0.39 is 12.1 Å². The smallest absolute Gasteiger partial charge is 0.241 e. The molecule has 11 heteroatoms. The van der Waals surface area contributed by atoms with Crippen LogP contribution in [-0.2, 0) is 20.8 Å². The fourth-order valence-electron chi connectivity index (χ4n) is 5.22. The van der Waals surface area contributed by atoms with E-state index in [1.54, 1.807) is 4.90 Å². The van der Waals surface area contributed by atoms with Crippen LogP contribution in [0, 0.1) is 0 Å². The maximum absolute atomic E-state index is 13.7. The first kappa shape index (κ1) is 29.0. The molecule has 0 aliphatic carbocycles. The van der Waals surface area contributed by atoms with Crippen LogP contribution >= 0.6 is 0 Å². The first-order valence-corrected chi connectivity index (χ1v) is 13.3. The number of carbonyl (C=O) groups is 3. The minimum atomic E-state index is -0.907. The van der Waals surface area contributed by atoms with Crippen LogP contribution in [0.1, 0.15) is 24.8 Å². The number of aliphatic hydroxyl groups excluding tert-OH is 1. The maximum Gasteiger partial charge on any atom is 0.241 e. The van der Waals surface area contributed by atoms with Gasteiger partial charge in [-0.1, -0.05) is 36.8 Å². The number of carbonyl (C=O) groups excluding carboxylic acids is 3. The molecule has 37 heavy (non-hydrogen) atoms. The lowest BCUT2D eigenvalue weighted by Gasteiger charge is -2.43. The molecule has 1 aromatic carbocycles. The molecule has 0 bridgehead atoms. The number of hydrogen-bond acceptors (Lipinski definition) is 8. The number of rotatable bonds is 12. The molecule has 2 saturated heterocycles. The summed E-state index contributed by atoms with van der Waals surface area (Å²) in [5.41, 5.74) is 18.2. The van der Waals surface area contributed by atoms with Gasteiger partial charge >= 0.3 is 0 Å². The van der Waals surface area contributed by atoms with Crippen LogP contribution in [0.4, 0.5) is 0 Å². The lowest BCUT2D eigenvalue weighted by molar-refractivity contribution is -0.142. The molecule has 2 aliphatic rings. The van der Waals surface area contributed by atoms with Gasteiger partial charge in [0, 0.05) is 52.4 Å². The van der Waals surface area contributed by atoms with Gasteiger partial charge < -0.3 is 32.1 Å². The summed E-state index contributed by atoms with van der Waals surface area (Å²) in [4.78, 5) is 46.1. The molecule has 206 valence electrons. The number of amides is 3. The predicted molar refractivity (Wildman–Crippen MR) is 141 cm³/mol. The van der Waals surface area contributed by atoms with Crippen molar-refractivity contribution in [1.29, 1.82) is 0 Å². The molecule has 3 atom stereocenters. The Labute approximate surface area is 219 Å². The zero-order valence-corrected chi connectivity index (χ0v) is 21.7. The number of aliphatic hydroxyl groups is 1. The van der Waals surface area contributed by atoms with E-state index >= 15 is 0 Å². The summed E-state index contributed by atoms with van der Waals surface area (Å²) < 4.78 is 0. The fourth-order valence-corrected chi connectivity index (χ4v) is 5.22. The van der Waals surface area contributed by atoms with Crippen molar-refractivity contribution >= 4 is 17.7 Å². The van der Waals surface area contributed by atoms with E-state index in [0.717, 1.165) is 18.4 Å². The maximum atomic E-state index is 13.7. The van der Waals surface area contributed by atoms with Crippen LogP contribution < -0.4 is 17.2 Å². The molecule has 7 N–H and O–H groups in total. The highest BCUT2D eigenvalue weighted by Gasteiger charge is 2.36. The van der Waals surface area contributed by atoms with E-state index in [0.29, 0.717) is 71.7 Å². The third kappa shape index (κ3) is 7.96. The van der Waals surface area contributed by atoms with Gasteiger partial charge in [0.2, 0.25) is 17.7 Å². The molecule has 0 radical (unpaired) electrons. The zero-order chi connectivity index (χ0) is 26.8. The second-order valence-corrected chi connectivity index (χ2v) is 9.92. The third-order valence-corrected chi connectivity index (χ3v) is 7.46. The van der Waals surface area contributed by atoms with Crippen LogP contribution in [0.2, 0.25) is 0 Å². The third-order valence-electron chi connectivity index (χ3n) is 7.46. The lowest BCUT2D eigenvalue weighted by atomic mass is 10.0. The molecule has 0 saturated carbocycles. The highest BCUT2D eigenvalue weighted by molar-refractivity contribution is 5.83. The summed E-state index contributed by atoms with van der Waals surface area (Å²) in [6.07, 6.45) is 2.95. The van der Waals surface area contributed by atoms with Crippen molar-refractivity contribution in [2.75, 3.05) is 65.5 Å². The van der Waals surface area contributed by atoms with E-state index in [-0.39, 0.29) is 30.4 Å². The largest absolute Gasteiger partial charge is 0.394 e. The lowest BCUT2D eigenvalue weighted by Crippen LogP contribution is -2.61. The molecule has 3 amide bonds. The minimum absolute atomic E-state index is 0.0854. The number of unbranched alkanes of at least 4 members (excludes halogenated alkanes) is 1. The number of nitrogens with two attached hydrogens (primary N) is 3. The number of benzene rings is 1. The Morgan fingerprint density at radius 1 is 0.811 bits per heavy atom. The Balaban J connectivity index is 1.59. The van der Waals surface area contributed by atoms with Gasteiger partial charge in [0.05, 0.1) is 18.7 Å². The standard InChI is InChI=1S/C26H43N7O4/c27-9-5-4-8-22(30-10-14-32(15-11-30)25(36)21(28)19-34)26(37)33-16-12-31(13-17-33)23(24(29)35)18-20-6-2-1-3-7-20/h1-3,6-7,21-23,34H,4-5,8-19,27-28H2,(H2,29,35)/t21-,22-,23+/m1/s1. The molecule has 2 fully saturated rings. The van der Waals surface area contributed by atoms with Crippen molar-refractivity contribution in [3.63, 3.8) is 0 Å². The average Bonchev–Trinajstić information content (AvgIpc) is 2.93. The van der Waals surface area contributed by atoms with Crippen molar-refractivity contribution < 1.29 is 19.5 Å². The van der Waals surface area contributed by atoms with Gasteiger partial charge in [-0.05, 0) is 31.4 Å². The monoisotopic (exact) mass is 517 g/mol. The van der Waals surface area contributed by atoms with Crippen LogP contribution in [-0.4, -0.2) is 126 Å².